The van der Waals surface area contributed by atoms with Gasteiger partial charge in [0.2, 0.25) is 0 Å². The quantitative estimate of drug-likeness (QED) is 0.219. The standard InChI is InChI=1S/C27H34N7O.K/c1-20-14-23(16-30-26(20)19-34-12-10-32(3)11-13-34)27(35)31-24-7-5-6-22(15-24)21(2)28-8-9-29-25-17-33(4)18-25;/h5-7,9,14-18,21,28H,10-13,19H2,1-4H3,(H,31,35);/q-1;+1. The van der Waals surface area contributed by atoms with Gasteiger partial charge in [-0.15, -0.1) is 6.20 Å². The molecule has 1 atom stereocenters. The van der Waals surface area contributed by atoms with E-state index in [0.29, 0.717) is 5.56 Å². The maximum atomic E-state index is 12.9. The number of likely N-dealkylation sites (N-methyl/N-ethyl adjacent to an activating group) is 1. The van der Waals surface area contributed by atoms with Crippen molar-refractivity contribution in [2.24, 2.45) is 4.99 Å². The van der Waals surface area contributed by atoms with E-state index >= 15 is 0 Å². The molecule has 4 rings (SSSR count). The Bertz CT molecular complexity index is 1150. The van der Waals surface area contributed by atoms with Crippen molar-refractivity contribution in [1.29, 1.82) is 0 Å². The molecular weight excluding hydrogens is 477 g/mol. The SMILES string of the molecule is Cc1cc(C(=O)Nc2cccc(C(C)N[C-]=CN=C3C=[N+](C)[CH-]3)c2)cnc1CN1CCN(C)CC1.[K+]. The third-order valence-corrected chi connectivity index (χ3v) is 6.31. The van der Waals surface area contributed by atoms with Crippen LogP contribution in [-0.4, -0.2) is 77.5 Å². The molecule has 2 aliphatic rings. The summed E-state index contributed by atoms with van der Waals surface area (Å²) in [5, 5.41) is 6.19. The van der Waals surface area contributed by atoms with Crippen LogP contribution in [0, 0.1) is 19.7 Å². The van der Waals surface area contributed by atoms with Gasteiger partial charge in [0.15, 0.2) is 0 Å². The van der Waals surface area contributed by atoms with Gasteiger partial charge in [-0.3, -0.25) is 14.7 Å². The van der Waals surface area contributed by atoms with Gasteiger partial charge in [-0.2, -0.15) is 0 Å². The van der Waals surface area contributed by atoms with Crippen LogP contribution in [0.15, 0.2) is 47.7 Å². The van der Waals surface area contributed by atoms with Crippen LogP contribution < -0.4 is 62.0 Å². The van der Waals surface area contributed by atoms with Crippen molar-refractivity contribution < 1.29 is 60.8 Å². The molecule has 1 amide bonds. The van der Waals surface area contributed by atoms with Gasteiger partial charge >= 0.3 is 51.4 Å². The summed E-state index contributed by atoms with van der Waals surface area (Å²) in [6.07, 6.45) is 8.24. The zero-order chi connectivity index (χ0) is 24.8. The summed E-state index contributed by atoms with van der Waals surface area (Å²) in [6.45, 7) is 11.1. The minimum atomic E-state index is -0.162. The molecule has 8 nitrogen and oxygen atoms in total. The molecule has 0 aliphatic carbocycles. The fourth-order valence-electron chi connectivity index (χ4n) is 4.02. The van der Waals surface area contributed by atoms with Crippen molar-refractivity contribution in [2.75, 3.05) is 45.6 Å². The molecule has 9 heteroatoms. The Morgan fingerprint density at radius 2 is 2.06 bits per heavy atom. The van der Waals surface area contributed by atoms with E-state index in [0.717, 1.165) is 60.9 Å². The first-order valence-electron chi connectivity index (χ1n) is 12.0. The first kappa shape index (κ1) is 28.7. The summed E-state index contributed by atoms with van der Waals surface area (Å²) in [6, 6.07) is 9.75. The third-order valence-electron chi connectivity index (χ3n) is 6.31. The number of aromatic nitrogens is 1. The third kappa shape index (κ3) is 8.07. The maximum Gasteiger partial charge on any atom is 1.00 e. The molecule has 1 saturated heterocycles. The average Bonchev–Trinajstić information content (AvgIpc) is 2.83. The molecule has 2 N–H and O–H groups in total. The Kier molecular flexibility index (Phi) is 10.9. The van der Waals surface area contributed by atoms with E-state index in [-0.39, 0.29) is 63.3 Å². The fraction of sp³-hybridized carbons (Fsp3) is 0.370. The van der Waals surface area contributed by atoms with Gasteiger partial charge in [0.1, 0.15) is 7.05 Å². The van der Waals surface area contributed by atoms with Crippen LogP contribution in [0.3, 0.4) is 0 Å². The molecule has 0 saturated carbocycles. The maximum absolute atomic E-state index is 12.9. The molecule has 36 heavy (non-hydrogen) atoms. The molecule has 3 heterocycles. The molecule has 184 valence electrons. The zero-order valence-electron chi connectivity index (χ0n) is 22.0. The van der Waals surface area contributed by atoms with Gasteiger partial charge in [-0.05, 0) is 50.2 Å². The number of carbonyl (C=O) groups is 1. The molecule has 0 radical (unpaired) electrons. The van der Waals surface area contributed by atoms with Crippen molar-refractivity contribution in [2.45, 2.75) is 26.4 Å². The Balaban J connectivity index is 0.00000361. The Morgan fingerprint density at radius 1 is 1.31 bits per heavy atom. The van der Waals surface area contributed by atoms with Gasteiger partial charge in [0.25, 0.3) is 5.91 Å². The summed E-state index contributed by atoms with van der Waals surface area (Å²) in [4.78, 5) is 26.5. The number of aryl methyl sites for hydroxylation is 1. The predicted octanol–water partition coefficient (Wildman–Crippen LogP) is -0.352. The monoisotopic (exact) mass is 511 g/mol. The smallest absolute Gasteiger partial charge is 0.560 e. The van der Waals surface area contributed by atoms with Crippen LogP contribution >= 0.6 is 0 Å². The Morgan fingerprint density at radius 3 is 2.75 bits per heavy atom. The predicted molar refractivity (Wildman–Crippen MR) is 139 cm³/mol. The topological polar surface area (TPSA) is 75.9 Å². The number of carbonyl (C=O) groups excluding carboxylic acids is 1. The molecule has 1 fully saturated rings. The summed E-state index contributed by atoms with van der Waals surface area (Å²) in [7, 11) is 4.11. The van der Waals surface area contributed by atoms with E-state index in [1.54, 1.807) is 12.4 Å². The van der Waals surface area contributed by atoms with Gasteiger partial charge in [0, 0.05) is 50.6 Å². The van der Waals surface area contributed by atoms with Crippen molar-refractivity contribution in [3.63, 3.8) is 0 Å². The summed E-state index contributed by atoms with van der Waals surface area (Å²) in [5.41, 5.74) is 5.32. The number of hydrogen-bond acceptors (Lipinski definition) is 6. The second kappa shape index (κ2) is 13.6. The molecular formula is C27H34KN7O. The number of nitrogens with zero attached hydrogens (tertiary/aromatic N) is 5. The van der Waals surface area contributed by atoms with Crippen molar-refractivity contribution in [1.82, 2.24) is 20.1 Å². The molecule has 1 aromatic carbocycles. The number of benzene rings is 1. The van der Waals surface area contributed by atoms with Gasteiger partial charge < -0.3 is 31.3 Å². The van der Waals surface area contributed by atoms with Gasteiger partial charge in [-0.1, -0.05) is 12.1 Å². The fourth-order valence-corrected chi connectivity index (χ4v) is 4.02. The van der Waals surface area contributed by atoms with E-state index in [2.05, 4.69) is 43.7 Å². The summed E-state index contributed by atoms with van der Waals surface area (Å²) >= 11 is 0. The molecule has 1 aromatic heterocycles. The number of hydrogen-bond donors (Lipinski definition) is 2. The number of amides is 1. The van der Waals surface area contributed by atoms with Crippen LogP contribution in [0.5, 0.6) is 0 Å². The Hall–Kier alpha value is -1.85. The number of nitrogens with one attached hydrogen (secondary N) is 2. The minimum Gasteiger partial charge on any atom is -0.560 e. The normalized spacial score (nSPS) is 18.1. The summed E-state index contributed by atoms with van der Waals surface area (Å²) < 4.78 is 1.95. The van der Waals surface area contributed by atoms with E-state index in [4.69, 9.17) is 0 Å². The second-order valence-electron chi connectivity index (χ2n) is 9.26. The van der Waals surface area contributed by atoms with Crippen molar-refractivity contribution in [3.05, 3.63) is 77.9 Å². The van der Waals surface area contributed by atoms with Crippen LogP contribution in [0.4, 0.5) is 5.69 Å². The van der Waals surface area contributed by atoms with Gasteiger partial charge in [0.05, 0.1) is 29.7 Å². The van der Waals surface area contributed by atoms with E-state index in [1.807, 2.05) is 68.6 Å². The first-order valence-corrected chi connectivity index (χ1v) is 12.0. The number of aliphatic imine (C=N–C) groups is 1. The summed E-state index contributed by atoms with van der Waals surface area (Å²) in [5.74, 6) is -0.162. The largest absolute Gasteiger partial charge is 1.00 e. The van der Waals surface area contributed by atoms with Crippen LogP contribution in [0.25, 0.3) is 0 Å². The number of piperazine rings is 1. The average molecular weight is 512 g/mol. The number of anilines is 1. The molecule has 0 bridgehead atoms. The second-order valence-corrected chi connectivity index (χ2v) is 9.26. The van der Waals surface area contributed by atoms with Crippen LogP contribution in [0.2, 0.25) is 0 Å². The minimum absolute atomic E-state index is 0. The van der Waals surface area contributed by atoms with Crippen molar-refractivity contribution in [3.8, 4) is 0 Å². The first-order chi connectivity index (χ1) is 16.9. The molecule has 0 spiro atoms. The van der Waals surface area contributed by atoms with Crippen LogP contribution in [-0.2, 0) is 6.54 Å². The van der Waals surface area contributed by atoms with E-state index < -0.39 is 0 Å². The van der Waals surface area contributed by atoms with E-state index in [1.165, 1.54) is 0 Å². The van der Waals surface area contributed by atoms with Gasteiger partial charge in [-0.25, -0.2) is 0 Å². The zero-order valence-corrected chi connectivity index (χ0v) is 25.1. The molecule has 2 aliphatic heterocycles. The van der Waals surface area contributed by atoms with Crippen LogP contribution in [0.1, 0.15) is 40.1 Å². The van der Waals surface area contributed by atoms with E-state index in [9.17, 15) is 4.79 Å². The van der Waals surface area contributed by atoms with Crippen molar-refractivity contribution >= 4 is 23.5 Å². The number of pyridine rings is 1. The number of rotatable bonds is 8. The molecule has 1 unspecified atom stereocenters. The Labute approximate surface area is 257 Å². The molecule has 2 aromatic rings.